The molecule has 18 heavy (non-hydrogen) atoms. The molecule has 1 heterocycles. The number of nitrogens with zero attached hydrogens (tertiary/aromatic N) is 1. The number of rotatable bonds is 5. The van der Waals surface area contributed by atoms with Crippen molar-refractivity contribution in [2.45, 2.75) is 38.5 Å². The van der Waals surface area contributed by atoms with E-state index < -0.39 is 6.09 Å². The van der Waals surface area contributed by atoms with E-state index in [1.807, 2.05) is 37.3 Å². The molecule has 0 spiro atoms. The first-order chi connectivity index (χ1) is 8.77. The molecule has 0 radical (unpaired) electrons. The van der Waals surface area contributed by atoms with E-state index in [0.717, 1.165) is 24.7 Å². The Balaban J connectivity index is 1.84. The molecule has 4 nitrogen and oxygen atoms in total. The van der Waals surface area contributed by atoms with Gasteiger partial charge in [-0.2, -0.15) is 0 Å². The summed E-state index contributed by atoms with van der Waals surface area (Å²) in [6, 6.07) is 9.26. The van der Waals surface area contributed by atoms with Gasteiger partial charge in [-0.1, -0.05) is 43.7 Å². The summed E-state index contributed by atoms with van der Waals surface area (Å²) >= 11 is 0. The van der Waals surface area contributed by atoms with Crippen LogP contribution in [0.3, 0.4) is 0 Å². The van der Waals surface area contributed by atoms with Crippen molar-refractivity contribution in [2.75, 3.05) is 0 Å². The summed E-state index contributed by atoms with van der Waals surface area (Å²) in [5.74, 6) is 0. The summed E-state index contributed by atoms with van der Waals surface area (Å²) in [6.45, 7) is 2.29. The van der Waals surface area contributed by atoms with Gasteiger partial charge in [0.1, 0.15) is 18.9 Å². The van der Waals surface area contributed by atoms with Gasteiger partial charge in [0.25, 0.3) is 0 Å². The molecular weight excluding hydrogens is 230 g/mol. The average Bonchev–Trinajstić information content (AvgIpc) is 3.11. The Bertz CT molecular complexity index is 418. The molecule has 2 atom stereocenters. The zero-order valence-electron chi connectivity index (χ0n) is 10.4. The first kappa shape index (κ1) is 12.6. The first-order valence-corrected chi connectivity index (χ1v) is 6.22. The summed E-state index contributed by atoms with van der Waals surface area (Å²) in [6.07, 6.45) is 2.24. The van der Waals surface area contributed by atoms with E-state index in [1.54, 1.807) is 0 Å². The highest BCUT2D eigenvalue weighted by Crippen LogP contribution is 2.31. The molecule has 2 rings (SSSR count). The van der Waals surface area contributed by atoms with E-state index in [1.165, 1.54) is 4.90 Å². The second kappa shape index (κ2) is 5.67. The molecule has 1 saturated heterocycles. The van der Waals surface area contributed by atoms with Gasteiger partial charge in [-0.05, 0) is 12.0 Å². The van der Waals surface area contributed by atoms with Crippen LogP contribution in [-0.4, -0.2) is 29.4 Å². The van der Waals surface area contributed by atoms with Crippen molar-refractivity contribution < 1.29 is 14.3 Å². The monoisotopic (exact) mass is 247 g/mol. The summed E-state index contributed by atoms with van der Waals surface area (Å²) in [7, 11) is 0. The zero-order chi connectivity index (χ0) is 13.0. The van der Waals surface area contributed by atoms with Crippen LogP contribution >= 0.6 is 0 Å². The van der Waals surface area contributed by atoms with Gasteiger partial charge in [0, 0.05) is 0 Å². The van der Waals surface area contributed by atoms with Crippen LogP contribution in [0.15, 0.2) is 30.3 Å². The lowest BCUT2D eigenvalue weighted by atomic mass is 10.2. The van der Waals surface area contributed by atoms with Crippen LogP contribution < -0.4 is 0 Å². The highest BCUT2D eigenvalue weighted by atomic mass is 16.6. The molecule has 1 aliphatic rings. The minimum Gasteiger partial charge on any atom is -0.445 e. The maximum absolute atomic E-state index is 11.8. The Kier molecular flexibility index (Phi) is 3.97. The summed E-state index contributed by atoms with van der Waals surface area (Å²) in [4.78, 5) is 24.1. The minimum absolute atomic E-state index is 0.0378. The lowest BCUT2D eigenvalue weighted by Crippen LogP contribution is -2.16. The van der Waals surface area contributed by atoms with Gasteiger partial charge in [-0.15, -0.1) is 0 Å². The molecule has 1 amide bonds. The van der Waals surface area contributed by atoms with Crippen molar-refractivity contribution in [1.82, 2.24) is 4.90 Å². The molecule has 4 heteroatoms. The fourth-order valence-electron chi connectivity index (χ4n) is 2.11. The number of carbonyl (C=O) groups excluding carboxylic acids is 2. The smallest absolute Gasteiger partial charge is 0.411 e. The molecular formula is C14H17NO3. The van der Waals surface area contributed by atoms with Gasteiger partial charge in [0.2, 0.25) is 0 Å². The molecule has 0 N–H and O–H groups in total. The number of amides is 1. The van der Waals surface area contributed by atoms with Crippen LogP contribution in [-0.2, 0) is 16.1 Å². The zero-order valence-corrected chi connectivity index (χ0v) is 10.4. The van der Waals surface area contributed by atoms with Gasteiger partial charge in [-0.25, -0.2) is 4.79 Å². The molecule has 96 valence electrons. The fourth-order valence-corrected chi connectivity index (χ4v) is 2.11. The summed E-state index contributed by atoms with van der Waals surface area (Å²) < 4.78 is 5.19. The highest BCUT2D eigenvalue weighted by molar-refractivity contribution is 5.80. The maximum atomic E-state index is 11.8. The Labute approximate surface area is 107 Å². The second-order valence-electron chi connectivity index (χ2n) is 4.43. The van der Waals surface area contributed by atoms with Crippen LogP contribution in [0.5, 0.6) is 0 Å². The topological polar surface area (TPSA) is 46.4 Å². The molecule has 1 aliphatic heterocycles. The Morgan fingerprint density at radius 1 is 1.39 bits per heavy atom. The Morgan fingerprint density at radius 2 is 2.11 bits per heavy atom. The summed E-state index contributed by atoms with van der Waals surface area (Å²) in [5.41, 5.74) is 0.947. The molecule has 0 unspecified atom stereocenters. The van der Waals surface area contributed by atoms with Crippen molar-refractivity contribution in [3.05, 3.63) is 35.9 Å². The van der Waals surface area contributed by atoms with Crippen molar-refractivity contribution >= 4 is 12.4 Å². The predicted octanol–water partition coefficient (Wildman–Crippen LogP) is 2.38. The lowest BCUT2D eigenvalue weighted by Gasteiger charge is -2.06. The van der Waals surface area contributed by atoms with Crippen LogP contribution in [0.1, 0.15) is 25.3 Å². The molecule has 1 fully saturated rings. The van der Waals surface area contributed by atoms with E-state index in [0.29, 0.717) is 0 Å². The van der Waals surface area contributed by atoms with E-state index in [4.69, 9.17) is 4.74 Å². The van der Waals surface area contributed by atoms with Crippen LogP contribution in [0, 0.1) is 0 Å². The van der Waals surface area contributed by atoms with E-state index in [-0.39, 0.29) is 18.7 Å². The number of hydrogen-bond acceptors (Lipinski definition) is 3. The Morgan fingerprint density at radius 3 is 2.72 bits per heavy atom. The van der Waals surface area contributed by atoms with Crippen molar-refractivity contribution in [2.24, 2.45) is 0 Å². The van der Waals surface area contributed by atoms with Crippen LogP contribution in [0.25, 0.3) is 0 Å². The third-order valence-corrected chi connectivity index (χ3v) is 3.12. The van der Waals surface area contributed by atoms with Crippen LogP contribution in [0.4, 0.5) is 4.79 Å². The fraction of sp³-hybridized carbons (Fsp3) is 0.429. The second-order valence-corrected chi connectivity index (χ2v) is 4.43. The predicted molar refractivity (Wildman–Crippen MR) is 67.0 cm³/mol. The molecule has 1 aromatic rings. The number of hydrogen-bond donors (Lipinski definition) is 0. The average molecular weight is 247 g/mol. The number of aldehydes is 1. The van der Waals surface area contributed by atoms with E-state index in [9.17, 15) is 9.59 Å². The third-order valence-electron chi connectivity index (χ3n) is 3.12. The molecule has 0 saturated carbocycles. The molecule has 0 bridgehead atoms. The van der Waals surface area contributed by atoms with Gasteiger partial charge < -0.3 is 9.53 Å². The van der Waals surface area contributed by atoms with Gasteiger partial charge >= 0.3 is 6.09 Å². The van der Waals surface area contributed by atoms with E-state index >= 15 is 0 Å². The largest absolute Gasteiger partial charge is 0.445 e. The SMILES string of the molecule is CCC[C@@H]1[C@H](C=O)N1C(=O)OCc1ccccc1. The standard InChI is InChI=1S/C14H17NO3/c1-2-6-12-13(9-16)15(12)14(17)18-10-11-7-4-3-5-8-11/h3-5,7-9,12-13H,2,6,10H2,1H3/t12-,13+,15?/m1/s1. The molecule has 0 aliphatic carbocycles. The van der Waals surface area contributed by atoms with Gasteiger partial charge in [0.15, 0.2) is 0 Å². The Hall–Kier alpha value is -1.84. The highest BCUT2D eigenvalue weighted by Gasteiger charge is 2.51. The number of carbonyl (C=O) groups is 2. The quantitative estimate of drug-likeness (QED) is 0.593. The lowest BCUT2D eigenvalue weighted by molar-refractivity contribution is -0.108. The van der Waals surface area contributed by atoms with Gasteiger partial charge in [-0.3, -0.25) is 4.90 Å². The van der Waals surface area contributed by atoms with Crippen molar-refractivity contribution in [1.29, 1.82) is 0 Å². The van der Waals surface area contributed by atoms with Crippen molar-refractivity contribution in [3.63, 3.8) is 0 Å². The first-order valence-electron chi connectivity index (χ1n) is 6.22. The normalized spacial score (nSPS) is 21.5. The molecule has 1 aromatic carbocycles. The maximum Gasteiger partial charge on any atom is 0.411 e. The molecule has 0 aromatic heterocycles. The van der Waals surface area contributed by atoms with Crippen LogP contribution in [0.2, 0.25) is 0 Å². The number of benzene rings is 1. The third kappa shape index (κ3) is 2.70. The number of ether oxygens (including phenoxy) is 1. The van der Waals surface area contributed by atoms with E-state index in [2.05, 4.69) is 0 Å². The summed E-state index contributed by atoms with van der Waals surface area (Å²) in [5, 5.41) is 0. The minimum atomic E-state index is -0.394. The van der Waals surface area contributed by atoms with Gasteiger partial charge in [0.05, 0.1) is 6.04 Å². The van der Waals surface area contributed by atoms with Crippen molar-refractivity contribution in [3.8, 4) is 0 Å².